The fourth-order valence-corrected chi connectivity index (χ4v) is 1.82. The highest BCUT2D eigenvalue weighted by molar-refractivity contribution is 5.88. The van der Waals surface area contributed by atoms with Crippen LogP contribution in [0.4, 0.5) is 11.5 Å². The molecule has 0 fully saturated rings. The summed E-state index contributed by atoms with van der Waals surface area (Å²) in [4.78, 5) is 15.9. The van der Waals surface area contributed by atoms with Gasteiger partial charge in [0, 0.05) is 12.3 Å². The zero-order valence-electron chi connectivity index (χ0n) is 9.81. The molecule has 3 aromatic rings. The largest absolute Gasteiger partial charge is 0.397 e. The third kappa shape index (κ3) is 1.64. The van der Waals surface area contributed by atoms with Gasteiger partial charge in [-0.1, -0.05) is 0 Å². The number of nitrogens with zero attached hydrogens (tertiary/aromatic N) is 3. The minimum atomic E-state index is 0.357. The lowest BCUT2D eigenvalue weighted by molar-refractivity contribution is 1.21. The molecule has 18 heavy (non-hydrogen) atoms. The van der Waals surface area contributed by atoms with E-state index in [1.54, 1.807) is 12.3 Å². The number of nitrogens with one attached hydrogen (secondary N) is 1. The van der Waals surface area contributed by atoms with Crippen LogP contribution in [0.25, 0.3) is 22.7 Å². The van der Waals surface area contributed by atoms with Crippen molar-refractivity contribution in [3.63, 3.8) is 0 Å². The maximum atomic E-state index is 5.87. The number of aromatic amines is 1. The molecule has 3 rings (SSSR count). The summed E-state index contributed by atoms with van der Waals surface area (Å²) in [5.41, 5.74) is 15.1. The Balaban J connectivity index is 2.22. The Morgan fingerprint density at radius 3 is 2.78 bits per heavy atom. The molecule has 0 aliphatic rings. The summed E-state index contributed by atoms with van der Waals surface area (Å²) < 4.78 is 0. The Labute approximate surface area is 103 Å². The van der Waals surface area contributed by atoms with Crippen LogP contribution in [0.2, 0.25) is 0 Å². The van der Waals surface area contributed by atoms with Gasteiger partial charge in [-0.15, -0.1) is 0 Å². The maximum Gasteiger partial charge on any atom is 0.182 e. The average Bonchev–Trinajstić information content (AvgIpc) is 2.73. The molecule has 6 nitrogen and oxygen atoms in total. The molecule has 0 saturated carbocycles. The number of pyridine rings is 2. The van der Waals surface area contributed by atoms with E-state index in [9.17, 15) is 0 Å². The van der Waals surface area contributed by atoms with Gasteiger partial charge in [0.2, 0.25) is 0 Å². The van der Waals surface area contributed by atoms with E-state index in [0.717, 1.165) is 11.3 Å². The number of H-pyrrole nitrogens is 1. The summed E-state index contributed by atoms with van der Waals surface area (Å²) in [5.74, 6) is 0.994. The molecule has 3 aromatic heterocycles. The fourth-order valence-electron chi connectivity index (χ4n) is 1.82. The monoisotopic (exact) mass is 240 g/mol. The van der Waals surface area contributed by atoms with Gasteiger partial charge in [0.05, 0.1) is 5.69 Å². The number of nitrogens with two attached hydrogens (primary N) is 2. The van der Waals surface area contributed by atoms with Crippen molar-refractivity contribution in [2.75, 3.05) is 11.5 Å². The van der Waals surface area contributed by atoms with E-state index in [4.69, 9.17) is 11.5 Å². The number of rotatable bonds is 1. The predicted octanol–water partition coefficient (Wildman–Crippen LogP) is 1.49. The van der Waals surface area contributed by atoms with Crippen LogP contribution in [0.3, 0.4) is 0 Å². The van der Waals surface area contributed by atoms with Crippen molar-refractivity contribution in [1.29, 1.82) is 0 Å². The first-order chi connectivity index (χ1) is 8.63. The molecule has 90 valence electrons. The van der Waals surface area contributed by atoms with Crippen molar-refractivity contribution < 1.29 is 0 Å². The predicted molar refractivity (Wildman–Crippen MR) is 70.7 cm³/mol. The number of hydrogen-bond donors (Lipinski definition) is 3. The van der Waals surface area contributed by atoms with Crippen molar-refractivity contribution >= 4 is 22.7 Å². The molecule has 0 aromatic carbocycles. The maximum absolute atomic E-state index is 5.87. The van der Waals surface area contributed by atoms with Gasteiger partial charge in [0.15, 0.2) is 11.5 Å². The number of aromatic nitrogens is 4. The molecule has 0 bridgehead atoms. The molecule has 0 aliphatic heterocycles. The number of nitrogen functional groups attached to an aromatic ring is 2. The van der Waals surface area contributed by atoms with Crippen LogP contribution in [0.15, 0.2) is 24.4 Å². The Hall–Kier alpha value is -2.63. The van der Waals surface area contributed by atoms with Gasteiger partial charge in [-0.05, 0) is 24.6 Å². The lowest BCUT2D eigenvalue weighted by Gasteiger charge is -1.96. The van der Waals surface area contributed by atoms with Crippen molar-refractivity contribution in [3.05, 3.63) is 30.0 Å². The highest BCUT2D eigenvalue weighted by Crippen LogP contribution is 2.23. The van der Waals surface area contributed by atoms with Crippen LogP contribution < -0.4 is 11.5 Å². The Bertz CT molecular complexity index is 731. The van der Waals surface area contributed by atoms with Crippen LogP contribution in [-0.4, -0.2) is 19.9 Å². The molecule has 0 amide bonds. The van der Waals surface area contributed by atoms with E-state index in [0.29, 0.717) is 28.5 Å². The summed E-state index contributed by atoms with van der Waals surface area (Å²) in [7, 11) is 0. The summed E-state index contributed by atoms with van der Waals surface area (Å²) >= 11 is 0. The first-order valence-electron chi connectivity index (χ1n) is 5.48. The first-order valence-corrected chi connectivity index (χ1v) is 5.48. The minimum Gasteiger partial charge on any atom is -0.397 e. The van der Waals surface area contributed by atoms with E-state index >= 15 is 0 Å². The second-order valence-corrected chi connectivity index (χ2v) is 4.14. The van der Waals surface area contributed by atoms with Gasteiger partial charge in [-0.25, -0.2) is 9.97 Å². The second-order valence-electron chi connectivity index (χ2n) is 4.14. The SMILES string of the molecule is Cc1ccnc(-c2nc3nc(N)cc(N)c3[nH]2)c1. The zero-order chi connectivity index (χ0) is 12.7. The van der Waals surface area contributed by atoms with Gasteiger partial charge < -0.3 is 16.5 Å². The number of anilines is 2. The van der Waals surface area contributed by atoms with Gasteiger partial charge in [0.1, 0.15) is 17.0 Å². The van der Waals surface area contributed by atoms with Crippen LogP contribution in [-0.2, 0) is 0 Å². The highest BCUT2D eigenvalue weighted by Gasteiger charge is 2.10. The third-order valence-corrected chi connectivity index (χ3v) is 2.67. The molecule has 5 N–H and O–H groups in total. The lowest BCUT2D eigenvalue weighted by Crippen LogP contribution is -1.94. The number of hydrogen-bond acceptors (Lipinski definition) is 5. The van der Waals surface area contributed by atoms with Crippen LogP contribution in [0.1, 0.15) is 5.56 Å². The molecule has 0 aliphatic carbocycles. The standard InChI is InChI=1S/C12H12N6/c1-6-2-3-15-8(4-6)11-17-10-7(13)5-9(14)16-12(10)18-11/h2-5H,1H3,(H5,13,14,16,17,18). The summed E-state index contributed by atoms with van der Waals surface area (Å²) in [6.45, 7) is 2.00. The second kappa shape index (κ2) is 3.69. The topological polar surface area (TPSA) is 106 Å². The molecule has 0 atom stereocenters. The molecule has 0 radical (unpaired) electrons. The minimum absolute atomic E-state index is 0.357. The van der Waals surface area contributed by atoms with Crippen molar-refractivity contribution in [1.82, 2.24) is 19.9 Å². The molecule has 6 heteroatoms. The van der Waals surface area contributed by atoms with E-state index in [1.165, 1.54) is 0 Å². The number of imidazole rings is 1. The summed E-state index contributed by atoms with van der Waals surface area (Å²) in [5, 5.41) is 0. The zero-order valence-corrected chi connectivity index (χ0v) is 9.81. The van der Waals surface area contributed by atoms with Gasteiger partial charge >= 0.3 is 0 Å². The van der Waals surface area contributed by atoms with Crippen LogP contribution >= 0.6 is 0 Å². The van der Waals surface area contributed by atoms with Gasteiger partial charge in [-0.2, -0.15) is 0 Å². The van der Waals surface area contributed by atoms with E-state index in [1.807, 2.05) is 19.1 Å². The Morgan fingerprint density at radius 1 is 1.17 bits per heavy atom. The molecule has 3 heterocycles. The Morgan fingerprint density at radius 2 is 2.00 bits per heavy atom. The molecule has 0 saturated heterocycles. The summed E-state index contributed by atoms with van der Waals surface area (Å²) in [6, 6.07) is 5.47. The van der Waals surface area contributed by atoms with Crippen LogP contribution in [0, 0.1) is 6.92 Å². The Kier molecular flexibility index (Phi) is 2.16. The van der Waals surface area contributed by atoms with Crippen molar-refractivity contribution in [3.8, 4) is 11.5 Å². The first kappa shape index (κ1) is 10.5. The third-order valence-electron chi connectivity index (χ3n) is 2.67. The van der Waals surface area contributed by atoms with Crippen LogP contribution in [0.5, 0.6) is 0 Å². The fraction of sp³-hybridized carbons (Fsp3) is 0.0833. The van der Waals surface area contributed by atoms with Crippen molar-refractivity contribution in [2.24, 2.45) is 0 Å². The van der Waals surface area contributed by atoms with E-state index in [2.05, 4.69) is 19.9 Å². The number of fused-ring (bicyclic) bond motifs is 1. The smallest absolute Gasteiger partial charge is 0.182 e. The lowest BCUT2D eigenvalue weighted by atomic mass is 10.2. The number of aryl methyl sites for hydroxylation is 1. The van der Waals surface area contributed by atoms with Gasteiger partial charge in [0.25, 0.3) is 0 Å². The van der Waals surface area contributed by atoms with Gasteiger partial charge in [-0.3, -0.25) is 4.98 Å². The highest BCUT2D eigenvalue weighted by atomic mass is 15.0. The van der Waals surface area contributed by atoms with Crippen molar-refractivity contribution in [2.45, 2.75) is 6.92 Å². The molecule has 0 unspecified atom stereocenters. The average molecular weight is 240 g/mol. The van der Waals surface area contributed by atoms with E-state index < -0.39 is 0 Å². The molecule has 0 spiro atoms. The molecular formula is C12H12N6. The summed E-state index contributed by atoms with van der Waals surface area (Å²) in [6.07, 6.45) is 1.74. The quantitative estimate of drug-likeness (QED) is 0.597. The normalized spacial score (nSPS) is 10.9. The molecular weight excluding hydrogens is 228 g/mol. The van der Waals surface area contributed by atoms with E-state index in [-0.39, 0.29) is 0 Å².